The Morgan fingerprint density at radius 2 is 1.86 bits per heavy atom. The Morgan fingerprint density at radius 3 is 2.43 bits per heavy atom. The summed E-state index contributed by atoms with van der Waals surface area (Å²) in [4.78, 5) is 21.5. The second kappa shape index (κ2) is 4.95. The number of ether oxygens (including phenoxy) is 3. The van der Waals surface area contributed by atoms with Crippen LogP contribution in [0.5, 0.6) is 0 Å². The molecule has 1 saturated heterocycles. The summed E-state index contributed by atoms with van der Waals surface area (Å²) in [5, 5.41) is 0. The second-order valence-corrected chi connectivity index (χ2v) is 3.03. The largest absolute Gasteiger partial charge is 0.458 e. The number of rotatable bonds is 2. The van der Waals surface area contributed by atoms with Crippen LogP contribution in [-0.4, -0.2) is 37.3 Å². The van der Waals surface area contributed by atoms with E-state index in [4.69, 9.17) is 15.6 Å². The molecule has 1 fully saturated rings. The SMILES string of the molecule is [2H]C1C[C@@H](OC(C)=O)[C@H](OC(C)=O)CO1. The molecular weight excluding hydrogens is 188 g/mol. The summed E-state index contributed by atoms with van der Waals surface area (Å²) in [6.07, 6.45) is -0.965. The third kappa shape index (κ3) is 3.33. The van der Waals surface area contributed by atoms with Gasteiger partial charge in [-0.25, -0.2) is 0 Å². The molecule has 0 aromatic rings. The van der Waals surface area contributed by atoms with Crippen LogP contribution in [0.3, 0.4) is 0 Å². The fourth-order valence-corrected chi connectivity index (χ4v) is 1.25. The number of esters is 2. The van der Waals surface area contributed by atoms with Gasteiger partial charge in [-0.3, -0.25) is 9.59 Å². The molecular formula is C9H14O5. The van der Waals surface area contributed by atoms with Crippen molar-refractivity contribution in [2.75, 3.05) is 13.2 Å². The Hall–Kier alpha value is -1.10. The molecule has 1 aliphatic heterocycles. The average molecular weight is 203 g/mol. The van der Waals surface area contributed by atoms with E-state index < -0.39 is 30.7 Å². The minimum absolute atomic E-state index is 0.0890. The summed E-state index contributed by atoms with van der Waals surface area (Å²) in [5.74, 6) is -0.907. The lowest BCUT2D eigenvalue weighted by Gasteiger charge is -2.29. The third-order valence-corrected chi connectivity index (χ3v) is 1.76. The Balaban J connectivity index is 2.57. The molecule has 1 rings (SSSR count). The molecule has 0 spiro atoms. The van der Waals surface area contributed by atoms with Gasteiger partial charge in [0.05, 0.1) is 14.6 Å². The zero-order valence-corrected chi connectivity index (χ0v) is 8.19. The highest BCUT2D eigenvalue weighted by Gasteiger charge is 2.30. The van der Waals surface area contributed by atoms with Gasteiger partial charge in [0.25, 0.3) is 0 Å². The molecule has 1 aliphatic rings. The van der Waals surface area contributed by atoms with Gasteiger partial charge in [0, 0.05) is 20.3 Å². The van der Waals surface area contributed by atoms with Crippen LogP contribution >= 0.6 is 0 Å². The molecule has 80 valence electrons. The van der Waals surface area contributed by atoms with Crippen molar-refractivity contribution in [1.82, 2.24) is 0 Å². The fourth-order valence-electron chi connectivity index (χ4n) is 1.25. The van der Waals surface area contributed by atoms with Gasteiger partial charge in [-0.05, 0) is 0 Å². The van der Waals surface area contributed by atoms with Crippen LogP contribution in [0, 0.1) is 0 Å². The molecule has 0 aromatic heterocycles. The maximum Gasteiger partial charge on any atom is 0.303 e. The summed E-state index contributed by atoms with van der Waals surface area (Å²) < 4.78 is 22.3. The van der Waals surface area contributed by atoms with Crippen LogP contribution in [0.25, 0.3) is 0 Å². The lowest BCUT2D eigenvalue weighted by molar-refractivity contribution is -0.179. The minimum atomic E-state index is -0.735. The highest BCUT2D eigenvalue weighted by atomic mass is 16.6. The summed E-state index contributed by atoms with van der Waals surface area (Å²) in [6.45, 7) is 1.91. The summed E-state index contributed by atoms with van der Waals surface area (Å²) >= 11 is 0. The number of hydrogen-bond donors (Lipinski definition) is 0. The molecule has 0 N–H and O–H groups in total. The molecule has 0 bridgehead atoms. The van der Waals surface area contributed by atoms with Crippen molar-refractivity contribution in [3.8, 4) is 0 Å². The highest BCUT2D eigenvalue weighted by molar-refractivity contribution is 5.67. The third-order valence-electron chi connectivity index (χ3n) is 1.76. The van der Waals surface area contributed by atoms with Crippen molar-refractivity contribution in [3.05, 3.63) is 0 Å². The smallest absolute Gasteiger partial charge is 0.303 e. The molecule has 0 radical (unpaired) electrons. The molecule has 1 unspecified atom stereocenters. The van der Waals surface area contributed by atoms with Crippen LogP contribution < -0.4 is 0 Å². The van der Waals surface area contributed by atoms with E-state index in [9.17, 15) is 9.59 Å². The maximum atomic E-state index is 10.8. The zero-order valence-electron chi connectivity index (χ0n) is 9.19. The van der Waals surface area contributed by atoms with Crippen LogP contribution in [0.4, 0.5) is 0 Å². The van der Waals surface area contributed by atoms with E-state index in [1.807, 2.05) is 0 Å². The van der Waals surface area contributed by atoms with E-state index in [0.29, 0.717) is 0 Å². The van der Waals surface area contributed by atoms with Crippen molar-refractivity contribution < 1.29 is 25.2 Å². The van der Waals surface area contributed by atoms with Gasteiger partial charge < -0.3 is 14.2 Å². The summed E-state index contributed by atoms with van der Waals surface area (Å²) in [6, 6.07) is 0. The van der Waals surface area contributed by atoms with E-state index >= 15 is 0 Å². The van der Waals surface area contributed by atoms with Gasteiger partial charge in [-0.2, -0.15) is 0 Å². The average Bonchev–Trinajstić information content (AvgIpc) is 2.08. The molecule has 3 atom stereocenters. The zero-order chi connectivity index (χ0) is 11.4. The van der Waals surface area contributed by atoms with Crippen LogP contribution in [0.1, 0.15) is 21.6 Å². The van der Waals surface area contributed by atoms with Crippen molar-refractivity contribution >= 4 is 11.9 Å². The second-order valence-electron chi connectivity index (χ2n) is 3.03. The summed E-state index contributed by atoms with van der Waals surface area (Å²) in [5.41, 5.74) is 0. The van der Waals surface area contributed by atoms with Crippen molar-refractivity contribution in [3.63, 3.8) is 0 Å². The van der Waals surface area contributed by atoms with Crippen LogP contribution in [0.15, 0.2) is 0 Å². The van der Waals surface area contributed by atoms with Crippen molar-refractivity contribution in [1.29, 1.82) is 0 Å². The predicted molar refractivity (Wildman–Crippen MR) is 46.5 cm³/mol. The van der Waals surface area contributed by atoms with E-state index in [1.165, 1.54) is 13.8 Å². The molecule has 14 heavy (non-hydrogen) atoms. The first-order valence-corrected chi connectivity index (χ1v) is 4.37. The van der Waals surface area contributed by atoms with Gasteiger partial charge in [-0.15, -0.1) is 0 Å². The summed E-state index contributed by atoms with van der Waals surface area (Å²) in [7, 11) is 0. The normalized spacial score (nSPS) is 33.0. The Bertz CT molecular complexity index is 255. The Kier molecular flexibility index (Phi) is 3.34. The monoisotopic (exact) mass is 203 g/mol. The van der Waals surface area contributed by atoms with Crippen LogP contribution in [0.2, 0.25) is 0 Å². The highest BCUT2D eigenvalue weighted by Crippen LogP contribution is 2.15. The first-order valence-electron chi connectivity index (χ1n) is 4.95. The Morgan fingerprint density at radius 1 is 1.29 bits per heavy atom. The molecule has 0 aromatic carbocycles. The number of hydrogen-bond acceptors (Lipinski definition) is 5. The first-order chi connectivity index (χ1) is 6.99. The molecule has 5 heteroatoms. The fraction of sp³-hybridized carbons (Fsp3) is 0.778. The number of carbonyl (C=O) groups excluding carboxylic acids is 2. The quantitative estimate of drug-likeness (QED) is 0.603. The molecule has 5 nitrogen and oxygen atoms in total. The molecule has 0 amide bonds. The van der Waals surface area contributed by atoms with E-state index in [1.54, 1.807) is 0 Å². The van der Waals surface area contributed by atoms with Gasteiger partial charge in [0.2, 0.25) is 0 Å². The lowest BCUT2D eigenvalue weighted by atomic mass is 10.1. The Labute approximate surface area is 83.7 Å². The molecule has 0 saturated carbocycles. The van der Waals surface area contributed by atoms with Gasteiger partial charge >= 0.3 is 11.9 Å². The lowest BCUT2D eigenvalue weighted by Crippen LogP contribution is -2.42. The molecule has 1 heterocycles. The van der Waals surface area contributed by atoms with E-state index in [0.717, 1.165) is 0 Å². The van der Waals surface area contributed by atoms with E-state index in [2.05, 4.69) is 0 Å². The predicted octanol–water partition coefficient (Wildman–Crippen LogP) is 0.270. The maximum absolute atomic E-state index is 10.8. The topological polar surface area (TPSA) is 61.8 Å². The minimum Gasteiger partial charge on any atom is -0.458 e. The van der Waals surface area contributed by atoms with E-state index in [-0.39, 0.29) is 13.0 Å². The standard InChI is InChI=1S/C9H14O5/c1-6(10)13-8-3-4-12-5-9(8)14-7(2)11/h8-9H,3-5H2,1-2H3/t8-,9-/m1/s1/i4D/t4?,8-,9-. The number of carbonyl (C=O) groups is 2. The van der Waals surface area contributed by atoms with Crippen molar-refractivity contribution in [2.24, 2.45) is 0 Å². The first kappa shape index (κ1) is 9.45. The van der Waals surface area contributed by atoms with Gasteiger partial charge in [-0.1, -0.05) is 0 Å². The van der Waals surface area contributed by atoms with Gasteiger partial charge in [0.15, 0.2) is 6.10 Å². The molecule has 0 aliphatic carbocycles. The van der Waals surface area contributed by atoms with Crippen molar-refractivity contribution in [2.45, 2.75) is 32.5 Å². The van der Waals surface area contributed by atoms with Crippen LogP contribution in [-0.2, 0) is 23.8 Å². The van der Waals surface area contributed by atoms with Gasteiger partial charge in [0.1, 0.15) is 6.10 Å².